The Balaban J connectivity index is 2.39. The summed E-state index contributed by atoms with van der Waals surface area (Å²) in [7, 11) is 0. The fraction of sp³-hybridized carbons (Fsp3) is 0.375. The third-order valence-corrected chi connectivity index (χ3v) is 3.89. The maximum absolute atomic E-state index is 11.0. The van der Waals surface area contributed by atoms with E-state index in [4.69, 9.17) is 37.5 Å². The summed E-state index contributed by atoms with van der Waals surface area (Å²) in [5.41, 5.74) is 23.1. The Labute approximate surface area is 140 Å². The van der Waals surface area contributed by atoms with Gasteiger partial charge in [-0.2, -0.15) is 0 Å². The number of hydrogen-bond donors (Lipinski definition) is 6. The summed E-state index contributed by atoms with van der Waals surface area (Å²) in [4.78, 5) is 0. The van der Waals surface area contributed by atoms with Crippen molar-refractivity contribution in [3.63, 3.8) is 0 Å². The minimum absolute atomic E-state index is 0.0531. The first-order valence-electron chi connectivity index (χ1n) is 7.45. The van der Waals surface area contributed by atoms with Gasteiger partial charge in [0.1, 0.15) is 5.75 Å². The molecule has 0 aromatic heterocycles. The number of aliphatic hydroxyl groups is 2. The lowest BCUT2D eigenvalue weighted by atomic mass is 9.82. The van der Waals surface area contributed by atoms with Gasteiger partial charge in [-0.1, -0.05) is 0 Å². The molecule has 0 bridgehead atoms. The van der Waals surface area contributed by atoms with Crippen molar-refractivity contribution in [3.05, 3.63) is 42.1 Å². The highest BCUT2D eigenvalue weighted by Crippen LogP contribution is 2.38. The first-order chi connectivity index (χ1) is 11.2. The number of ether oxygens (including phenoxy) is 2. The van der Waals surface area contributed by atoms with Crippen molar-refractivity contribution in [1.82, 2.24) is 0 Å². The molecule has 3 unspecified atom stereocenters. The van der Waals surface area contributed by atoms with Gasteiger partial charge in [-0.15, -0.1) is 0 Å². The summed E-state index contributed by atoms with van der Waals surface area (Å²) in [6.07, 6.45) is 4.63. The Morgan fingerprint density at radius 3 is 2.58 bits per heavy atom. The molecule has 1 aromatic rings. The van der Waals surface area contributed by atoms with Crippen LogP contribution in [-0.2, 0) is 4.74 Å². The van der Waals surface area contributed by atoms with Crippen LogP contribution in [-0.4, -0.2) is 40.9 Å². The lowest BCUT2D eigenvalue weighted by Crippen LogP contribution is -2.66. The van der Waals surface area contributed by atoms with E-state index in [1.54, 1.807) is 24.3 Å². The SMILES string of the molecule is CC(O)(Oc1ccc(N)cc1N)C1(OCCO)C=CC(N)=CC1N. The molecule has 8 nitrogen and oxygen atoms in total. The fourth-order valence-electron chi connectivity index (χ4n) is 2.63. The van der Waals surface area contributed by atoms with E-state index in [1.165, 1.54) is 19.1 Å². The largest absolute Gasteiger partial charge is 0.457 e. The number of aliphatic hydroxyl groups excluding tert-OH is 1. The van der Waals surface area contributed by atoms with Gasteiger partial charge in [0.15, 0.2) is 5.60 Å². The Bertz CT molecular complexity index is 659. The molecular weight excluding hydrogens is 312 g/mol. The molecule has 2 rings (SSSR count). The van der Waals surface area contributed by atoms with E-state index in [2.05, 4.69) is 0 Å². The van der Waals surface area contributed by atoms with Crippen LogP contribution >= 0.6 is 0 Å². The van der Waals surface area contributed by atoms with Crippen molar-refractivity contribution in [3.8, 4) is 5.75 Å². The van der Waals surface area contributed by atoms with Crippen LogP contribution in [0.3, 0.4) is 0 Å². The lowest BCUT2D eigenvalue weighted by molar-refractivity contribution is -0.250. The van der Waals surface area contributed by atoms with E-state index in [0.717, 1.165) is 0 Å². The van der Waals surface area contributed by atoms with E-state index in [9.17, 15) is 5.11 Å². The minimum Gasteiger partial charge on any atom is -0.457 e. The highest BCUT2D eigenvalue weighted by Gasteiger charge is 2.54. The van der Waals surface area contributed by atoms with E-state index in [1.807, 2.05) is 0 Å². The fourth-order valence-corrected chi connectivity index (χ4v) is 2.63. The van der Waals surface area contributed by atoms with Crippen LogP contribution < -0.4 is 27.7 Å². The van der Waals surface area contributed by atoms with Crippen LogP contribution in [0.1, 0.15) is 6.92 Å². The van der Waals surface area contributed by atoms with Crippen molar-refractivity contribution in [2.75, 3.05) is 24.7 Å². The molecule has 24 heavy (non-hydrogen) atoms. The number of nitrogen functional groups attached to an aromatic ring is 2. The summed E-state index contributed by atoms with van der Waals surface area (Å²) >= 11 is 0. The van der Waals surface area contributed by atoms with Crippen LogP contribution in [0.15, 0.2) is 42.1 Å². The second kappa shape index (κ2) is 6.70. The first kappa shape index (κ1) is 18.1. The van der Waals surface area contributed by atoms with Crippen molar-refractivity contribution in [2.45, 2.75) is 24.4 Å². The number of hydrogen-bond acceptors (Lipinski definition) is 8. The maximum Gasteiger partial charge on any atom is 0.240 e. The van der Waals surface area contributed by atoms with Gasteiger partial charge < -0.3 is 42.6 Å². The number of allylic oxidation sites excluding steroid dienone is 1. The highest BCUT2D eigenvalue weighted by atomic mass is 16.7. The van der Waals surface area contributed by atoms with E-state index in [-0.39, 0.29) is 24.7 Å². The standard InChI is InChI=1S/C16H24N4O4/c1-15(22,24-13-3-2-10(17)8-12(13)19)16(23-7-6-21)5-4-11(18)9-14(16)20/h2-5,8-9,14,21-22H,6-7,17-20H2,1H3. The Hall–Kier alpha value is -2.26. The van der Waals surface area contributed by atoms with Gasteiger partial charge in [0, 0.05) is 18.3 Å². The zero-order valence-electron chi connectivity index (χ0n) is 13.5. The molecule has 0 fully saturated rings. The Kier molecular flexibility index (Phi) is 5.05. The third kappa shape index (κ3) is 3.31. The van der Waals surface area contributed by atoms with Gasteiger partial charge in [0.2, 0.25) is 5.79 Å². The van der Waals surface area contributed by atoms with Gasteiger partial charge in [-0.3, -0.25) is 0 Å². The van der Waals surface area contributed by atoms with Crippen molar-refractivity contribution in [2.24, 2.45) is 11.5 Å². The summed E-state index contributed by atoms with van der Waals surface area (Å²) in [6.45, 7) is 1.10. The predicted octanol–water partition coefficient (Wildman–Crippen LogP) is -0.574. The van der Waals surface area contributed by atoms with Crippen LogP contribution in [0.5, 0.6) is 5.75 Å². The number of rotatable bonds is 6. The lowest BCUT2D eigenvalue weighted by Gasteiger charge is -2.46. The quantitative estimate of drug-likeness (QED) is 0.297. The molecule has 0 amide bonds. The first-order valence-corrected chi connectivity index (χ1v) is 7.45. The molecule has 0 radical (unpaired) electrons. The van der Waals surface area contributed by atoms with E-state index < -0.39 is 17.4 Å². The summed E-state index contributed by atoms with van der Waals surface area (Å²) in [5, 5.41) is 20.1. The summed E-state index contributed by atoms with van der Waals surface area (Å²) in [5.74, 6) is -1.68. The summed E-state index contributed by atoms with van der Waals surface area (Å²) < 4.78 is 11.4. The van der Waals surface area contributed by atoms with Gasteiger partial charge in [-0.05, 0) is 36.4 Å². The molecule has 0 aliphatic heterocycles. The molecule has 1 aromatic carbocycles. The average molecular weight is 336 g/mol. The van der Waals surface area contributed by atoms with Crippen LogP contribution in [0.25, 0.3) is 0 Å². The molecule has 1 aliphatic carbocycles. The van der Waals surface area contributed by atoms with Gasteiger partial charge in [0.25, 0.3) is 0 Å². The Morgan fingerprint density at radius 2 is 2.00 bits per heavy atom. The molecule has 0 saturated carbocycles. The van der Waals surface area contributed by atoms with Crippen LogP contribution in [0.4, 0.5) is 11.4 Å². The molecule has 8 heteroatoms. The number of nitrogens with two attached hydrogens (primary N) is 4. The zero-order valence-corrected chi connectivity index (χ0v) is 13.5. The highest BCUT2D eigenvalue weighted by molar-refractivity contribution is 5.60. The molecule has 0 saturated heterocycles. The Morgan fingerprint density at radius 1 is 1.29 bits per heavy atom. The van der Waals surface area contributed by atoms with Crippen molar-refractivity contribution < 1.29 is 19.7 Å². The van der Waals surface area contributed by atoms with Crippen LogP contribution in [0, 0.1) is 0 Å². The molecule has 10 N–H and O–H groups in total. The smallest absolute Gasteiger partial charge is 0.240 e. The average Bonchev–Trinajstić information content (AvgIpc) is 2.49. The second-order valence-electron chi connectivity index (χ2n) is 5.77. The maximum atomic E-state index is 11.0. The summed E-state index contributed by atoms with van der Waals surface area (Å²) in [6, 6.07) is 3.85. The van der Waals surface area contributed by atoms with Gasteiger partial charge >= 0.3 is 0 Å². The molecule has 3 atom stereocenters. The van der Waals surface area contributed by atoms with Crippen molar-refractivity contribution >= 4 is 11.4 Å². The van der Waals surface area contributed by atoms with Gasteiger partial charge in [0.05, 0.1) is 24.9 Å². The number of anilines is 2. The topological polar surface area (TPSA) is 163 Å². The van der Waals surface area contributed by atoms with Crippen LogP contribution in [0.2, 0.25) is 0 Å². The normalized spacial score (nSPS) is 25.8. The monoisotopic (exact) mass is 336 g/mol. The predicted molar refractivity (Wildman–Crippen MR) is 91.7 cm³/mol. The van der Waals surface area contributed by atoms with E-state index in [0.29, 0.717) is 11.4 Å². The van der Waals surface area contributed by atoms with Crippen molar-refractivity contribution in [1.29, 1.82) is 0 Å². The van der Waals surface area contributed by atoms with E-state index >= 15 is 0 Å². The minimum atomic E-state index is -1.90. The third-order valence-electron chi connectivity index (χ3n) is 3.89. The number of benzene rings is 1. The van der Waals surface area contributed by atoms with Gasteiger partial charge in [-0.25, -0.2) is 0 Å². The molecule has 0 spiro atoms. The molecular formula is C16H24N4O4. The second-order valence-corrected chi connectivity index (χ2v) is 5.77. The molecule has 1 aliphatic rings. The molecule has 132 valence electrons. The molecule has 0 heterocycles. The zero-order chi connectivity index (χ0) is 18.0.